The molecule has 1 unspecified atom stereocenters. The molecular weight excluding hydrogens is 694 g/mol. The Hall–Kier alpha value is -2.25. The first kappa shape index (κ1) is 36.6. The number of benzene rings is 4. The zero-order valence-electron chi connectivity index (χ0n) is 28.2. The van der Waals surface area contributed by atoms with Crippen molar-refractivity contribution in [2.45, 2.75) is 71.8 Å². The summed E-state index contributed by atoms with van der Waals surface area (Å²) in [5, 5.41) is 0. The Balaban J connectivity index is 0.000000139. The summed E-state index contributed by atoms with van der Waals surface area (Å²) < 4.78 is 3.05. The first-order valence-corrected chi connectivity index (χ1v) is 19.3. The first-order chi connectivity index (χ1) is 21.8. The van der Waals surface area contributed by atoms with Gasteiger partial charge in [0.05, 0.1) is 0 Å². The third-order valence-corrected chi connectivity index (χ3v) is 13.1. The Morgan fingerprint density at radius 1 is 0.587 bits per heavy atom. The van der Waals surface area contributed by atoms with Crippen molar-refractivity contribution < 1.29 is 26.2 Å². The van der Waals surface area contributed by atoms with Crippen molar-refractivity contribution in [3.05, 3.63) is 150 Å². The van der Waals surface area contributed by atoms with Crippen LogP contribution >= 0.6 is 0 Å². The molecule has 4 saturated carbocycles. The molecule has 0 aliphatic heterocycles. The van der Waals surface area contributed by atoms with Crippen LogP contribution < -0.4 is 8.79 Å². The maximum Gasteiger partial charge on any atom is -0.0184 e. The van der Waals surface area contributed by atoms with Crippen molar-refractivity contribution in [1.82, 2.24) is 0 Å². The van der Waals surface area contributed by atoms with Crippen LogP contribution in [0.5, 0.6) is 0 Å². The molecule has 5 aliphatic carbocycles. The molecule has 0 saturated heterocycles. The molecular formula is C43H50GeNZr. The Morgan fingerprint density at radius 2 is 0.935 bits per heavy atom. The Labute approximate surface area is 304 Å². The van der Waals surface area contributed by atoms with E-state index in [0.29, 0.717) is 5.92 Å². The van der Waals surface area contributed by atoms with Gasteiger partial charge in [0.25, 0.3) is 0 Å². The van der Waals surface area contributed by atoms with Crippen molar-refractivity contribution in [3.63, 3.8) is 0 Å². The van der Waals surface area contributed by atoms with Crippen LogP contribution in [-0.2, 0) is 26.2 Å². The molecule has 9 rings (SSSR count). The fraction of sp³-hybridized carbons (Fsp3) is 0.349. The standard InChI is InChI=1S/C12H11Ge.C12H10.C10H16N.C9H13.Zr/c1-3-7-11(8-4-1)13-12-9-5-2-6-10-12;1-3-7-11(8-4-1)12-9-5-2-6-10-12;11-10-4-7-1-8(5-10)3-9(2-7)6-10;1-6-5-7(2)9(4)8(6)3;/h1-10,13H;1-10H;7-9,11H,1-6H2;6H,1-4H3;/q;;2*-1;+2. The maximum absolute atomic E-state index is 8.21. The predicted octanol–water partition coefficient (Wildman–Crippen LogP) is 10.2. The molecule has 0 aromatic heterocycles. The monoisotopic (exact) mass is 744 g/mol. The molecule has 0 heterocycles. The minimum atomic E-state index is -0.392. The fourth-order valence-electron chi connectivity index (χ4n) is 7.82. The van der Waals surface area contributed by atoms with E-state index in [0.717, 1.165) is 17.8 Å². The Kier molecular flexibility index (Phi) is 14.1. The van der Waals surface area contributed by atoms with Gasteiger partial charge in [-0.25, -0.2) is 5.57 Å². The van der Waals surface area contributed by atoms with E-state index in [1.54, 1.807) is 0 Å². The van der Waals surface area contributed by atoms with Crippen LogP contribution in [0, 0.1) is 29.7 Å². The molecule has 1 radical (unpaired) electrons. The molecule has 4 aromatic carbocycles. The van der Waals surface area contributed by atoms with Gasteiger partial charge in [-0.15, -0.1) is 12.5 Å². The van der Waals surface area contributed by atoms with Gasteiger partial charge in [0.1, 0.15) is 0 Å². The molecule has 1 atom stereocenters. The van der Waals surface area contributed by atoms with Crippen molar-refractivity contribution in [2.75, 3.05) is 0 Å². The van der Waals surface area contributed by atoms with Crippen LogP contribution in [0.25, 0.3) is 16.9 Å². The van der Waals surface area contributed by atoms with Gasteiger partial charge in [-0.1, -0.05) is 107 Å². The second-order valence-electron chi connectivity index (χ2n) is 13.7. The van der Waals surface area contributed by atoms with E-state index < -0.39 is 15.4 Å². The van der Waals surface area contributed by atoms with Crippen LogP contribution in [0.15, 0.2) is 138 Å². The van der Waals surface area contributed by atoms with Gasteiger partial charge in [0, 0.05) is 0 Å². The average molecular weight is 745 g/mol. The van der Waals surface area contributed by atoms with Gasteiger partial charge in [-0.05, 0) is 48.1 Å². The third kappa shape index (κ3) is 10.6. The number of allylic oxidation sites excluding steroid dienone is 4. The molecule has 235 valence electrons. The van der Waals surface area contributed by atoms with E-state index in [4.69, 9.17) is 5.73 Å². The molecule has 0 amide bonds. The van der Waals surface area contributed by atoms with Gasteiger partial charge in [-0.2, -0.15) is 11.1 Å². The number of rotatable bonds is 3. The van der Waals surface area contributed by atoms with Gasteiger partial charge < -0.3 is 5.73 Å². The fourth-order valence-corrected chi connectivity index (χ4v) is 10.4. The van der Waals surface area contributed by atoms with Crippen molar-refractivity contribution in [2.24, 2.45) is 23.7 Å². The van der Waals surface area contributed by atoms with Gasteiger partial charge in [0.15, 0.2) is 0 Å². The minimum Gasteiger partial charge on any atom is -0.0622 e. The van der Waals surface area contributed by atoms with Crippen LogP contribution in [0.3, 0.4) is 0 Å². The molecule has 4 fully saturated rings. The zero-order valence-corrected chi connectivity index (χ0v) is 33.1. The van der Waals surface area contributed by atoms with Gasteiger partial charge in [-0.3, -0.25) is 6.08 Å². The normalized spacial score (nSPS) is 25.0. The summed E-state index contributed by atoms with van der Waals surface area (Å²) in [6.07, 6.45) is 11.5. The average Bonchev–Trinajstić information content (AvgIpc) is 3.27. The predicted molar refractivity (Wildman–Crippen MR) is 196 cm³/mol. The van der Waals surface area contributed by atoms with E-state index in [9.17, 15) is 0 Å². The van der Waals surface area contributed by atoms with Gasteiger partial charge >= 0.3 is 111 Å². The van der Waals surface area contributed by atoms with E-state index >= 15 is 0 Å². The molecule has 0 spiro atoms. The molecule has 5 aliphatic rings. The molecule has 3 heteroatoms. The number of hydrogen-bond acceptors (Lipinski definition) is 0. The van der Waals surface area contributed by atoms with E-state index in [1.165, 1.54) is 75.2 Å². The summed E-state index contributed by atoms with van der Waals surface area (Å²) in [5.74, 6) is 3.43. The molecule has 4 bridgehead atoms. The second-order valence-corrected chi connectivity index (χ2v) is 17.1. The van der Waals surface area contributed by atoms with E-state index in [-0.39, 0.29) is 31.7 Å². The van der Waals surface area contributed by atoms with Crippen LogP contribution in [-0.4, -0.2) is 21.0 Å². The molecule has 46 heavy (non-hydrogen) atoms. The zero-order chi connectivity index (χ0) is 31.6. The van der Waals surface area contributed by atoms with Crippen LogP contribution in [0.2, 0.25) is 0 Å². The van der Waals surface area contributed by atoms with Crippen LogP contribution in [0.4, 0.5) is 0 Å². The smallest absolute Gasteiger partial charge is 0.0184 e. The van der Waals surface area contributed by atoms with Crippen molar-refractivity contribution in [1.29, 1.82) is 0 Å². The second kappa shape index (κ2) is 17.8. The van der Waals surface area contributed by atoms with E-state index in [2.05, 4.69) is 143 Å². The maximum atomic E-state index is 8.21. The quantitative estimate of drug-likeness (QED) is 0.147. The summed E-state index contributed by atoms with van der Waals surface area (Å²) in [5.41, 5.74) is 15.1. The topological polar surface area (TPSA) is 23.8 Å². The minimum absolute atomic E-state index is 0. The Bertz CT molecular complexity index is 1420. The Morgan fingerprint density at radius 3 is 1.20 bits per heavy atom. The summed E-state index contributed by atoms with van der Waals surface area (Å²) in [6.45, 7) is 8.67. The summed E-state index contributed by atoms with van der Waals surface area (Å²) in [6, 6.07) is 42.3. The van der Waals surface area contributed by atoms with Crippen LogP contribution in [0.1, 0.15) is 66.2 Å². The van der Waals surface area contributed by atoms with Gasteiger partial charge in [0.2, 0.25) is 0 Å². The molecule has 4 aromatic rings. The molecule has 1 nitrogen and oxygen atoms in total. The summed E-state index contributed by atoms with van der Waals surface area (Å²) in [4.78, 5) is 0. The summed E-state index contributed by atoms with van der Waals surface area (Å²) >= 11 is -0.392. The number of hydrogen-bond donors (Lipinski definition) is 0. The SMILES string of the molecule is CC1=[C-]C(C)C(C)=C1C.[NH-]C12CC3CC(CC(C3)C1)C2.[Zr+2].c1cc[c]([GeH][c]2ccccc2)cc1.c1ccc(-c2ccccc2)cc1. The largest absolute Gasteiger partial charge is 0.0622 e. The number of nitrogens with one attached hydrogen (secondary N) is 1. The summed E-state index contributed by atoms with van der Waals surface area (Å²) in [7, 11) is 0. The van der Waals surface area contributed by atoms with Crippen molar-refractivity contribution in [3.8, 4) is 11.1 Å². The first-order valence-electron chi connectivity index (χ1n) is 16.9. The van der Waals surface area contributed by atoms with E-state index in [1.807, 2.05) is 12.1 Å². The van der Waals surface area contributed by atoms with Crippen molar-refractivity contribution >= 4 is 24.2 Å². The third-order valence-electron chi connectivity index (χ3n) is 10.1. The molecule has 1 N–H and O–H groups in total.